The van der Waals surface area contributed by atoms with E-state index in [1.807, 2.05) is 33.8 Å². The molecule has 0 aromatic heterocycles. The molecule has 0 aliphatic carbocycles. The summed E-state index contributed by atoms with van der Waals surface area (Å²) in [5, 5.41) is 10.4. The van der Waals surface area contributed by atoms with Gasteiger partial charge in [0.1, 0.15) is 17.6 Å². The molecule has 8 nitrogen and oxygen atoms in total. The van der Waals surface area contributed by atoms with E-state index in [0.717, 1.165) is 25.7 Å². The normalized spacial score (nSPS) is 30.8. The summed E-state index contributed by atoms with van der Waals surface area (Å²) in [6.45, 7) is 17.9. The van der Waals surface area contributed by atoms with Gasteiger partial charge < -0.3 is 24.4 Å². The molecule has 0 aromatic rings. The Labute approximate surface area is 234 Å². The number of unbranched alkanes of at least 4 members (excludes halogenated alkanes) is 2. The zero-order chi connectivity index (χ0) is 29.0. The molecule has 39 heavy (non-hydrogen) atoms. The SMILES string of the molecule is C=CCCCCOC(=O)[C@H]1[C@H]2C(=O)N([C@@H](CO)C(C)C)C(C(=O)N(CC=C)C(C)CCC)C23CC[C@]1(CC)O3. The summed E-state index contributed by atoms with van der Waals surface area (Å²) in [5.41, 5.74) is -1.97. The Morgan fingerprint density at radius 3 is 2.49 bits per heavy atom. The number of aliphatic hydroxyl groups excluding tert-OH is 1. The van der Waals surface area contributed by atoms with Crippen LogP contribution in [0.1, 0.15) is 86.0 Å². The lowest BCUT2D eigenvalue weighted by Crippen LogP contribution is -2.60. The van der Waals surface area contributed by atoms with Gasteiger partial charge in [0.05, 0.1) is 30.8 Å². The van der Waals surface area contributed by atoms with Gasteiger partial charge in [-0.25, -0.2) is 0 Å². The van der Waals surface area contributed by atoms with E-state index in [2.05, 4.69) is 20.1 Å². The predicted octanol–water partition coefficient (Wildman–Crippen LogP) is 4.26. The van der Waals surface area contributed by atoms with Crippen LogP contribution >= 0.6 is 0 Å². The number of esters is 1. The third-order valence-electron chi connectivity index (χ3n) is 9.31. The maximum atomic E-state index is 14.5. The van der Waals surface area contributed by atoms with Crippen molar-refractivity contribution in [3.63, 3.8) is 0 Å². The number of carbonyl (C=O) groups excluding carboxylic acids is 3. The lowest BCUT2D eigenvalue weighted by molar-refractivity contribution is -0.164. The molecule has 0 saturated carbocycles. The van der Waals surface area contributed by atoms with Crippen LogP contribution in [0.3, 0.4) is 0 Å². The molecule has 2 amide bonds. The van der Waals surface area contributed by atoms with Crippen molar-refractivity contribution in [2.75, 3.05) is 19.8 Å². The monoisotopic (exact) mass is 546 g/mol. The third-order valence-corrected chi connectivity index (χ3v) is 9.31. The molecule has 8 heteroatoms. The van der Waals surface area contributed by atoms with E-state index in [1.54, 1.807) is 15.9 Å². The van der Waals surface area contributed by atoms with Crippen LogP contribution in [-0.2, 0) is 23.9 Å². The highest BCUT2D eigenvalue weighted by Gasteiger charge is 2.79. The second kappa shape index (κ2) is 13.0. The van der Waals surface area contributed by atoms with E-state index in [9.17, 15) is 19.5 Å². The average Bonchev–Trinajstić information content (AvgIpc) is 3.51. The van der Waals surface area contributed by atoms with Gasteiger partial charge in [0, 0.05) is 12.6 Å². The third kappa shape index (κ3) is 5.43. The standard InChI is InChI=1S/C31H50N2O6/c1-8-12-13-14-19-38-29(37)25-24-27(35)33(23(20-34)21(5)6)26(31(24)17-16-30(25,11-4)39-31)28(36)32(18-10-3)22(7)15-9-2/h8,10,21-26,34H,1,3,9,11-20H2,2,4-7H3/t22?,23-,24-,25+,26?,30-,31?/m0/s1. The molecule has 0 aromatic carbocycles. The highest BCUT2D eigenvalue weighted by atomic mass is 16.6. The van der Waals surface area contributed by atoms with E-state index in [1.165, 1.54) is 0 Å². The number of amides is 2. The second-order valence-electron chi connectivity index (χ2n) is 11.9. The molecular weight excluding hydrogens is 496 g/mol. The van der Waals surface area contributed by atoms with Crippen LogP contribution in [-0.4, -0.2) is 81.8 Å². The molecule has 3 heterocycles. The Balaban J connectivity index is 2.07. The minimum absolute atomic E-state index is 0.0606. The van der Waals surface area contributed by atoms with E-state index in [0.29, 0.717) is 32.2 Å². The first-order valence-corrected chi connectivity index (χ1v) is 14.9. The molecule has 0 radical (unpaired) electrons. The van der Waals surface area contributed by atoms with E-state index >= 15 is 0 Å². The first-order chi connectivity index (χ1) is 18.6. The fourth-order valence-electron chi connectivity index (χ4n) is 7.28. The molecule has 3 saturated heterocycles. The van der Waals surface area contributed by atoms with Crippen LogP contribution in [0.2, 0.25) is 0 Å². The fourth-order valence-corrected chi connectivity index (χ4v) is 7.28. The van der Waals surface area contributed by atoms with Crippen molar-refractivity contribution in [1.82, 2.24) is 9.80 Å². The Hall–Kier alpha value is -2.19. The molecular formula is C31H50N2O6. The van der Waals surface area contributed by atoms with E-state index < -0.39 is 41.1 Å². The van der Waals surface area contributed by atoms with Gasteiger partial charge in [-0.3, -0.25) is 14.4 Å². The van der Waals surface area contributed by atoms with Crippen molar-refractivity contribution in [3.8, 4) is 0 Å². The molecule has 2 bridgehead atoms. The van der Waals surface area contributed by atoms with Gasteiger partial charge in [0.2, 0.25) is 11.8 Å². The highest BCUT2D eigenvalue weighted by Crippen LogP contribution is 2.65. The zero-order valence-corrected chi connectivity index (χ0v) is 24.7. The van der Waals surface area contributed by atoms with Crippen LogP contribution in [0.4, 0.5) is 0 Å². The predicted molar refractivity (Wildman–Crippen MR) is 151 cm³/mol. The number of likely N-dealkylation sites (tertiary alicyclic amines) is 1. The second-order valence-corrected chi connectivity index (χ2v) is 11.9. The van der Waals surface area contributed by atoms with Crippen molar-refractivity contribution in [3.05, 3.63) is 25.3 Å². The van der Waals surface area contributed by atoms with Gasteiger partial charge in [-0.1, -0.05) is 46.3 Å². The van der Waals surface area contributed by atoms with Gasteiger partial charge in [0.25, 0.3) is 0 Å². The smallest absolute Gasteiger partial charge is 0.312 e. The molecule has 3 aliphatic rings. The average molecular weight is 547 g/mol. The first kappa shape index (κ1) is 31.3. The Kier molecular flexibility index (Phi) is 10.4. The Morgan fingerprint density at radius 1 is 1.21 bits per heavy atom. The summed E-state index contributed by atoms with van der Waals surface area (Å²) in [5.74, 6) is -2.60. The zero-order valence-electron chi connectivity index (χ0n) is 24.7. The Morgan fingerprint density at radius 2 is 1.92 bits per heavy atom. The highest BCUT2D eigenvalue weighted by molar-refractivity contribution is 5.99. The number of hydrogen-bond acceptors (Lipinski definition) is 6. The number of allylic oxidation sites excluding steroid dienone is 1. The maximum Gasteiger partial charge on any atom is 0.312 e. The quantitative estimate of drug-likeness (QED) is 0.177. The van der Waals surface area contributed by atoms with Crippen LogP contribution in [0, 0.1) is 17.8 Å². The van der Waals surface area contributed by atoms with Crippen LogP contribution in [0.5, 0.6) is 0 Å². The molecule has 220 valence electrons. The summed E-state index contributed by atoms with van der Waals surface area (Å²) in [7, 11) is 0. The molecule has 1 N–H and O–H groups in total. The minimum Gasteiger partial charge on any atom is -0.465 e. The van der Waals surface area contributed by atoms with Crippen molar-refractivity contribution in [2.45, 2.75) is 115 Å². The molecule has 3 rings (SSSR count). The first-order valence-electron chi connectivity index (χ1n) is 14.9. The molecule has 3 unspecified atom stereocenters. The van der Waals surface area contributed by atoms with E-state index in [-0.39, 0.29) is 37.0 Å². The van der Waals surface area contributed by atoms with Crippen molar-refractivity contribution in [1.29, 1.82) is 0 Å². The number of rotatable bonds is 16. The van der Waals surface area contributed by atoms with Crippen LogP contribution in [0.15, 0.2) is 25.3 Å². The lowest BCUT2D eigenvalue weighted by Gasteiger charge is -2.42. The summed E-state index contributed by atoms with van der Waals surface area (Å²) in [4.78, 5) is 45.9. The molecule has 3 fully saturated rings. The fraction of sp³-hybridized carbons (Fsp3) is 0.774. The number of hydrogen-bond donors (Lipinski definition) is 1. The molecule has 1 spiro atoms. The van der Waals surface area contributed by atoms with Crippen LogP contribution < -0.4 is 0 Å². The Bertz CT molecular complexity index is 921. The van der Waals surface area contributed by atoms with Crippen molar-refractivity contribution < 1.29 is 29.0 Å². The summed E-state index contributed by atoms with van der Waals surface area (Å²) < 4.78 is 12.6. The number of nitrogens with zero attached hydrogens (tertiary/aromatic N) is 2. The largest absolute Gasteiger partial charge is 0.465 e. The number of fused-ring (bicyclic) bond motifs is 1. The van der Waals surface area contributed by atoms with E-state index in [4.69, 9.17) is 9.47 Å². The van der Waals surface area contributed by atoms with Gasteiger partial charge in [0.15, 0.2) is 0 Å². The van der Waals surface area contributed by atoms with Crippen LogP contribution in [0.25, 0.3) is 0 Å². The number of ether oxygens (including phenoxy) is 2. The summed E-state index contributed by atoms with van der Waals surface area (Å²) in [6.07, 6.45) is 9.34. The van der Waals surface area contributed by atoms with Crippen molar-refractivity contribution >= 4 is 17.8 Å². The summed E-state index contributed by atoms with van der Waals surface area (Å²) in [6, 6.07) is -1.56. The van der Waals surface area contributed by atoms with Crippen molar-refractivity contribution in [2.24, 2.45) is 17.8 Å². The van der Waals surface area contributed by atoms with Gasteiger partial charge in [-0.2, -0.15) is 0 Å². The van der Waals surface area contributed by atoms with Gasteiger partial charge in [-0.05, 0) is 57.8 Å². The van der Waals surface area contributed by atoms with Gasteiger partial charge in [-0.15, -0.1) is 13.2 Å². The minimum atomic E-state index is -1.13. The van der Waals surface area contributed by atoms with Gasteiger partial charge >= 0.3 is 5.97 Å². The number of aliphatic hydroxyl groups is 1. The lowest BCUT2D eigenvalue weighted by atomic mass is 9.65. The molecule has 7 atom stereocenters. The molecule has 3 aliphatic heterocycles. The topological polar surface area (TPSA) is 96.4 Å². The maximum absolute atomic E-state index is 14.5. The number of carbonyl (C=O) groups is 3. The summed E-state index contributed by atoms with van der Waals surface area (Å²) >= 11 is 0.